The highest BCUT2D eigenvalue weighted by molar-refractivity contribution is 8.00. The maximum Gasteiger partial charge on any atom is 0.176 e. The first kappa shape index (κ1) is 8.82. The van der Waals surface area contributed by atoms with Gasteiger partial charge in [0, 0.05) is 11.3 Å². The van der Waals surface area contributed by atoms with Crippen molar-refractivity contribution < 1.29 is 4.79 Å². The zero-order valence-corrected chi connectivity index (χ0v) is 8.43. The third-order valence-corrected chi connectivity index (χ3v) is 3.81. The largest absolute Gasteiger partial charge is 0.293 e. The van der Waals surface area contributed by atoms with Crippen molar-refractivity contribution >= 4 is 17.5 Å². The standard InChI is InChI=1S/C11H12OS/c1-2-10-11(12)9-6-4-3-5-8(9)7-13-10/h3-6,10H,2,7H2,1H3. The lowest BCUT2D eigenvalue weighted by atomic mass is 10.0. The van der Waals surface area contributed by atoms with Crippen molar-refractivity contribution in [1.82, 2.24) is 0 Å². The molecule has 1 atom stereocenters. The van der Waals surface area contributed by atoms with Crippen molar-refractivity contribution in [1.29, 1.82) is 0 Å². The summed E-state index contributed by atoms with van der Waals surface area (Å²) in [6.07, 6.45) is 0.942. The molecule has 1 aliphatic rings. The van der Waals surface area contributed by atoms with Crippen molar-refractivity contribution in [2.24, 2.45) is 0 Å². The maximum atomic E-state index is 11.8. The maximum absolute atomic E-state index is 11.8. The Labute approximate surface area is 82.5 Å². The minimum Gasteiger partial charge on any atom is -0.293 e. The molecule has 0 aliphatic carbocycles. The average Bonchev–Trinajstić information content (AvgIpc) is 2.19. The Bertz CT molecular complexity index is 333. The fourth-order valence-corrected chi connectivity index (χ4v) is 2.78. The highest BCUT2D eigenvalue weighted by Gasteiger charge is 2.25. The van der Waals surface area contributed by atoms with Crippen molar-refractivity contribution in [3.63, 3.8) is 0 Å². The van der Waals surface area contributed by atoms with Crippen LogP contribution < -0.4 is 0 Å². The van der Waals surface area contributed by atoms with Crippen LogP contribution in [0.1, 0.15) is 29.3 Å². The van der Waals surface area contributed by atoms with Gasteiger partial charge in [-0.1, -0.05) is 31.2 Å². The van der Waals surface area contributed by atoms with Gasteiger partial charge in [0.1, 0.15) is 0 Å². The van der Waals surface area contributed by atoms with Crippen molar-refractivity contribution in [2.75, 3.05) is 0 Å². The summed E-state index contributed by atoms with van der Waals surface area (Å²) in [5, 5.41) is 0.190. The van der Waals surface area contributed by atoms with Crippen LogP contribution in [0.5, 0.6) is 0 Å². The molecule has 0 spiro atoms. The fourth-order valence-electron chi connectivity index (χ4n) is 1.63. The number of benzene rings is 1. The predicted octanol–water partition coefficient (Wildman–Crippen LogP) is 2.89. The Morgan fingerprint density at radius 2 is 2.23 bits per heavy atom. The van der Waals surface area contributed by atoms with E-state index in [0.29, 0.717) is 5.78 Å². The van der Waals surface area contributed by atoms with E-state index in [2.05, 4.69) is 6.92 Å². The summed E-state index contributed by atoms with van der Waals surface area (Å²) in [5.74, 6) is 1.30. The number of fused-ring (bicyclic) bond motifs is 1. The summed E-state index contributed by atoms with van der Waals surface area (Å²) in [6.45, 7) is 2.07. The minimum atomic E-state index is 0.190. The molecular weight excluding hydrogens is 180 g/mol. The monoisotopic (exact) mass is 192 g/mol. The summed E-state index contributed by atoms with van der Waals surface area (Å²) in [4.78, 5) is 11.8. The Morgan fingerprint density at radius 3 is 3.00 bits per heavy atom. The van der Waals surface area contributed by atoms with Crippen LogP contribution in [0, 0.1) is 0 Å². The number of rotatable bonds is 1. The van der Waals surface area contributed by atoms with Crippen LogP contribution in [0.4, 0.5) is 0 Å². The first-order valence-corrected chi connectivity index (χ1v) is 5.61. The molecule has 1 nitrogen and oxygen atoms in total. The Hall–Kier alpha value is -0.760. The third kappa shape index (κ3) is 1.51. The second kappa shape index (κ2) is 3.54. The van der Waals surface area contributed by atoms with E-state index in [9.17, 15) is 4.79 Å². The lowest BCUT2D eigenvalue weighted by Crippen LogP contribution is -2.22. The van der Waals surface area contributed by atoms with E-state index in [0.717, 1.165) is 17.7 Å². The summed E-state index contributed by atoms with van der Waals surface area (Å²) in [6, 6.07) is 7.94. The predicted molar refractivity (Wildman–Crippen MR) is 56.1 cm³/mol. The van der Waals surface area contributed by atoms with E-state index < -0.39 is 0 Å². The van der Waals surface area contributed by atoms with Crippen LogP contribution in [0.15, 0.2) is 24.3 Å². The number of thioether (sulfide) groups is 1. The quantitative estimate of drug-likeness (QED) is 0.680. The van der Waals surface area contributed by atoms with Crippen LogP contribution in [0.3, 0.4) is 0 Å². The summed E-state index contributed by atoms with van der Waals surface area (Å²) in [7, 11) is 0. The molecular formula is C11H12OS. The molecule has 1 aromatic carbocycles. The third-order valence-electron chi connectivity index (χ3n) is 2.39. The van der Waals surface area contributed by atoms with Gasteiger partial charge in [-0.05, 0) is 12.0 Å². The summed E-state index contributed by atoms with van der Waals surface area (Å²) < 4.78 is 0. The van der Waals surface area contributed by atoms with E-state index in [1.807, 2.05) is 24.3 Å². The van der Waals surface area contributed by atoms with E-state index >= 15 is 0 Å². The molecule has 1 aliphatic heterocycles. The molecule has 0 fully saturated rings. The van der Waals surface area contributed by atoms with E-state index in [1.165, 1.54) is 5.56 Å². The molecule has 0 N–H and O–H groups in total. The second-order valence-corrected chi connectivity index (χ2v) is 4.42. The van der Waals surface area contributed by atoms with Crippen LogP contribution in [-0.4, -0.2) is 11.0 Å². The first-order chi connectivity index (χ1) is 6.33. The SMILES string of the molecule is CCC1SCc2ccccc2C1=O. The Balaban J connectivity index is 2.39. The molecule has 0 radical (unpaired) electrons. The molecule has 1 unspecified atom stereocenters. The zero-order valence-electron chi connectivity index (χ0n) is 7.62. The molecule has 0 saturated carbocycles. The summed E-state index contributed by atoms with van der Waals surface area (Å²) in [5.41, 5.74) is 2.13. The molecule has 0 saturated heterocycles. The number of Topliss-reactive ketones (excluding diaryl/α,β-unsaturated/α-hetero) is 1. The summed E-state index contributed by atoms with van der Waals surface area (Å²) >= 11 is 1.76. The van der Waals surface area contributed by atoms with Gasteiger partial charge in [-0.2, -0.15) is 0 Å². The van der Waals surface area contributed by atoms with E-state index in [4.69, 9.17) is 0 Å². The number of carbonyl (C=O) groups excluding carboxylic acids is 1. The van der Waals surface area contributed by atoms with Crippen LogP contribution in [-0.2, 0) is 5.75 Å². The fraction of sp³-hybridized carbons (Fsp3) is 0.364. The van der Waals surface area contributed by atoms with Crippen LogP contribution >= 0.6 is 11.8 Å². The molecule has 0 aromatic heterocycles. The molecule has 2 rings (SSSR count). The lowest BCUT2D eigenvalue weighted by Gasteiger charge is -2.21. The zero-order chi connectivity index (χ0) is 9.26. The minimum absolute atomic E-state index is 0.190. The van der Waals surface area contributed by atoms with Gasteiger partial charge < -0.3 is 0 Å². The van der Waals surface area contributed by atoms with Gasteiger partial charge in [0.05, 0.1) is 5.25 Å². The van der Waals surface area contributed by atoms with Gasteiger partial charge in [0.15, 0.2) is 5.78 Å². The molecule has 1 heterocycles. The molecule has 0 bridgehead atoms. The number of hydrogen-bond acceptors (Lipinski definition) is 2. The van der Waals surface area contributed by atoms with Gasteiger partial charge >= 0.3 is 0 Å². The second-order valence-electron chi connectivity index (χ2n) is 3.23. The first-order valence-electron chi connectivity index (χ1n) is 4.56. The number of ketones is 1. The Morgan fingerprint density at radius 1 is 1.46 bits per heavy atom. The molecule has 0 amide bonds. The van der Waals surface area contributed by atoms with Gasteiger partial charge in [0.25, 0.3) is 0 Å². The molecule has 68 valence electrons. The van der Waals surface area contributed by atoms with Crippen LogP contribution in [0.2, 0.25) is 0 Å². The van der Waals surface area contributed by atoms with Gasteiger partial charge in [-0.3, -0.25) is 4.79 Å². The van der Waals surface area contributed by atoms with E-state index in [1.54, 1.807) is 11.8 Å². The van der Waals surface area contributed by atoms with Crippen LogP contribution in [0.25, 0.3) is 0 Å². The molecule has 1 aromatic rings. The lowest BCUT2D eigenvalue weighted by molar-refractivity contribution is 0.0986. The van der Waals surface area contributed by atoms with Gasteiger partial charge in [0.2, 0.25) is 0 Å². The van der Waals surface area contributed by atoms with Crippen molar-refractivity contribution in [3.05, 3.63) is 35.4 Å². The molecule has 13 heavy (non-hydrogen) atoms. The smallest absolute Gasteiger partial charge is 0.176 e. The molecule has 2 heteroatoms. The number of carbonyl (C=O) groups is 1. The average molecular weight is 192 g/mol. The van der Waals surface area contributed by atoms with E-state index in [-0.39, 0.29) is 5.25 Å². The van der Waals surface area contributed by atoms with Gasteiger partial charge in [-0.25, -0.2) is 0 Å². The van der Waals surface area contributed by atoms with Gasteiger partial charge in [-0.15, -0.1) is 11.8 Å². The highest BCUT2D eigenvalue weighted by Crippen LogP contribution is 2.31. The Kier molecular flexibility index (Phi) is 2.40. The highest BCUT2D eigenvalue weighted by atomic mass is 32.2. The normalized spacial score (nSPS) is 21.3. The van der Waals surface area contributed by atoms with Crippen molar-refractivity contribution in [2.45, 2.75) is 24.3 Å². The topological polar surface area (TPSA) is 17.1 Å². The van der Waals surface area contributed by atoms with Crippen molar-refractivity contribution in [3.8, 4) is 0 Å². The number of hydrogen-bond donors (Lipinski definition) is 0.